The lowest BCUT2D eigenvalue weighted by molar-refractivity contribution is -0.385. The molecule has 4 aromatic rings. The van der Waals surface area contributed by atoms with Crippen molar-refractivity contribution >= 4 is 38.0 Å². The number of aromatic nitrogens is 2. The number of nitrogens with one attached hydrogen (secondary N) is 1. The number of benzene rings is 2. The number of hydrogen-bond donors (Lipinski definition) is 1. The van der Waals surface area contributed by atoms with Crippen LogP contribution in [0.3, 0.4) is 0 Å². The normalized spacial score (nSPS) is 15.9. The number of pyridine rings is 1. The highest BCUT2D eigenvalue weighted by Gasteiger charge is 2.47. The van der Waals surface area contributed by atoms with Crippen LogP contribution >= 0.6 is 0 Å². The molecular weight excluding hydrogens is 592 g/mol. The highest BCUT2D eigenvalue weighted by atomic mass is 32.2. The van der Waals surface area contributed by atoms with Crippen LogP contribution in [-0.2, 0) is 16.3 Å². The van der Waals surface area contributed by atoms with Crippen molar-refractivity contribution in [2.45, 2.75) is 63.7 Å². The van der Waals surface area contributed by atoms with E-state index in [0.717, 1.165) is 36.7 Å². The topological polar surface area (TPSA) is 136 Å². The Labute approximate surface area is 262 Å². The molecule has 2 aromatic heterocycles. The van der Waals surface area contributed by atoms with Gasteiger partial charge in [-0.15, -0.1) is 0 Å². The number of nitro groups is 1. The lowest BCUT2D eigenvalue weighted by Gasteiger charge is -2.54. The monoisotopic (exact) mass is 630 g/mol. The smallest absolute Gasteiger partial charge is 0.273 e. The number of nitrogens with zero attached hydrogens (tertiary/aromatic N) is 3. The van der Waals surface area contributed by atoms with Crippen molar-refractivity contribution in [3.63, 3.8) is 0 Å². The van der Waals surface area contributed by atoms with Gasteiger partial charge >= 0.3 is 0 Å². The Bertz CT molecular complexity index is 1850. The molecule has 0 aliphatic heterocycles. The molecule has 11 heteroatoms. The number of H-pyrrole nitrogens is 1. The van der Waals surface area contributed by atoms with E-state index < -0.39 is 26.3 Å². The van der Waals surface area contributed by atoms with E-state index in [0.29, 0.717) is 34.7 Å². The summed E-state index contributed by atoms with van der Waals surface area (Å²) in [4.78, 5) is 34.2. The van der Waals surface area contributed by atoms with Gasteiger partial charge in [-0.05, 0) is 94.0 Å². The number of carbonyl (C=O) groups excluding carboxylic acids is 1. The molecule has 0 atom stereocenters. The van der Waals surface area contributed by atoms with Gasteiger partial charge in [0, 0.05) is 48.1 Å². The summed E-state index contributed by atoms with van der Waals surface area (Å²) < 4.78 is 33.1. The number of rotatable bonds is 13. The molecule has 0 unspecified atom stereocenters. The molecule has 6 rings (SSSR count). The third kappa shape index (κ3) is 6.31. The number of aromatic amines is 1. The Balaban J connectivity index is 1.23. The average molecular weight is 631 g/mol. The van der Waals surface area contributed by atoms with Crippen molar-refractivity contribution in [1.29, 1.82) is 0 Å². The van der Waals surface area contributed by atoms with Gasteiger partial charge in [0.1, 0.15) is 22.9 Å². The van der Waals surface area contributed by atoms with Crippen LogP contribution in [0.1, 0.15) is 68.3 Å². The van der Waals surface area contributed by atoms with E-state index in [1.165, 1.54) is 50.4 Å². The second kappa shape index (κ2) is 12.3. The number of ether oxygens (including phenoxy) is 1. The summed E-state index contributed by atoms with van der Waals surface area (Å²) in [6.45, 7) is 5.48. The summed E-state index contributed by atoms with van der Waals surface area (Å²) >= 11 is 0. The van der Waals surface area contributed by atoms with Crippen LogP contribution in [0, 0.1) is 21.4 Å². The Kier molecular flexibility index (Phi) is 8.39. The number of Topliss-reactive ketones (excluding diaryl/α,β-unsaturated/α-hetero) is 1. The van der Waals surface area contributed by atoms with Crippen LogP contribution in [0.5, 0.6) is 11.5 Å². The Morgan fingerprint density at radius 1 is 1.11 bits per heavy atom. The first-order valence-corrected chi connectivity index (χ1v) is 17.3. The molecular formula is C34H38N4O6S. The molecule has 10 nitrogen and oxygen atoms in total. The van der Waals surface area contributed by atoms with Gasteiger partial charge in [0.15, 0.2) is 15.6 Å². The zero-order valence-corrected chi connectivity index (χ0v) is 26.4. The minimum Gasteiger partial charge on any atom is -0.455 e. The van der Waals surface area contributed by atoms with Crippen LogP contribution < -0.4 is 9.64 Å². The van der Waals surface area contributed by atoms with E-state index in [4.69, 9.17) is 4.74 Å². The van der Waals surface area contributed by atoms with Gasteiger partial charge in [-0.25, -0.2) is 13.4 Å². The summed E-state index contributed by atoms with van der Waals surface area (Å²) in [5.41, 5.74) is 2.44. The first kappa shape index (κ1) is 30.8. The van der Waals surface area contributed by atoms with Crippen LogP contribution in [0.25, 0.3) is 11.0 Å². The van der Waals surface area contributed by atoms with Gasteiger partial charge in [-0.2, -0.15) is 0 Å². The Morgan fingerprint density at radius 2 is 1.89 bits per heavy atom. The van der Waals surface area contributed by atoms with Crippen LogP contribution in [0.15, 0.2) is 65.8 Å². The summed E-state index contributed by atoms with van der Waals surface area (Å²) in [6.07, 6.45) is 10.9. The second-order valence-corrected chi connectivity index (χ2v) is 14.4. The molecule has 0 amide bonds. The van der Waals surface area contributed by atoms with E-state index in [9.17, 15) is 23.3 Å². The van der Waals surface area contributed by atoms with E-state index in [-0.39, 0.29) is 21.9 Å². The molecule has 1 spiro atoms. The van der Waals surface area contributed by atoms with Crippen LogP contribution in [0.2, 0.25) is 0 Å². The zero-order valence-electron chi connectivity index (χ0n) is 25.6. The Hall–Kier alpha value is -4.25. The first-order chi connectivity index (χ1) is 21.6. The van der Waals surface area contributed by atoms with Gasteiger partial charge in [0.25, 0.3) is 5.69 Å². The molecule has 0 bridgehead atoms. The molecule has 2 heterocycles. The SMILES string of the molecule is CCN(CC)c1ccc(C(=O)CS(=O)(=O)c2ccc(CCC3CC4(CCC4)C3)c([N+](=O)[O-])c2)c(Oc2cnc3[nH]ccc3c2)c1. The van der Waals surface area contributed by atoms with Gasteiger partial charge < -0.3 is 14.6 Å². The fraction of sp³-hybridized carbons (Fsp3) is 0.412. The van der Waals surface area contributed by atoms with Gasteiger partial charge in [0.05, 0.1) is 21.6 Å². The number of aryl methyl sites for hydroxylation is 1. The largest absolute Gasteiger partial charge is 0.455 e. The van der Waals surface area contributed by atoms with Crippen LogP contribution in [0.4, 0.5) is 11.4 Å². The lowest BCUT2D eigenvalue weighted by atomic mass is 9.51. The molecule has 0 saturated heterocycles. The van der Waals surface area contributed by atoms with Crippen molar-refractivity contribution in [1.82, 2.24) is 9.97 Å². The van der Waals surface area contributed by atoms with Gasteiger partial charge in [0.2, 0.25) is 0 Å². The number of fused-ring (bicyclic) bond motifs is 1. The summed E-state index contributed by atoms with van der Waals surface area (Å²) in [5.74, 6) is -0.363. The number of nitro benzene ring substituents is 1. The van der Waals surface area contributed by atoms with Crippen molar-refractivity contribution in [2.24, 2.45) is 11.3 Å². The van der Waals surface area contributed by atoms with Crippen molar-refractivity contribution in [3.8, 4) is 11.5 Å². The number of ketones is 1. The molecule has 2 fully saturated rings. The van der Waals surface area contributed by atoms with Gasteiger partial charge in [-0.3, -0.25) is 14.9 Å². The average Bonchev–Trinajstić information content (AvgIpc) is 3.44. The van der Waals surface area contributed by atoms with Crippen molar-refractivity contribution in [3.05, 3.63) is 82.2 Å². The highest BCUT2D eigenvalue weighted by molar-refractivity contribution is 7.92. The standard InChI is InChI=1S/C34H38N4O6S/c1-3-37(4-2)26-9-11-29(32(17-26)44-27-16-25-12-15-35-33(25)36-21-27)31(39)22-45(42,43)28-10-8-24(30(18-28)38(40)41)7-6-23-19-34(20-23)13-5-14-34/h8-12,15-18,21,23H,3-7,13-14,19-20,22H2,1-2H3,(H,35,36). The lowest BCUT2D eigenvalue weighted by Crippen LogP contribution is -2.42. The van der Waals surface area contributed by atoms with Gasteiger partial charge in [-0.1, -0.05) is 12.5 Å². The summed E-state index contributed by atoms with van der Waals surface area (Å²) in [6, 6.07) is 12.7. The molecule has 1 N–H and O–H groups in total. The number of sulfone groups is 1. The quantitative estimate of drug-likeness (QED) is 0.0925. The highest BCUT2D eigenvalue weighted by Crippen LogP contribution is 2.59. The molecule has 45 heavy (non-hydrogen) atoms. The third-order valence-corrected chi connectivity index (χ3v) is 11.2. The van der Waals surface area contributed by atoms with Crippen LogP contribution in [-0.4, -0.2) is 47.9 Å². The zero-order chi connectivity index (χ0) is 31.8. The molecule has 2 aliphatic rings. The summed E-state index contributed by atoms with van der Waals surface area (Å²) in [7, 11) is -4.20. The first-order valence-electron chi connectivity index (χ1n) is 15.6. The minimum atomic E-state index is -4.20. The number of carbonyl (C=O) groups is 1. The van der Waals surface area contributed by atoms with Crippen molar-refractivity contribution in [2.75, 3.05) is 23.7 Å². The summed E-state index contributed by atoms with van der Waals surface area (Å²) in [5, 5.41) is 12.8. The predicted octanol–water partition coefficient (Wildman–Crippen LogP) is 7.28. The van der Waals surface area contributed by atoms with E-state index in [1.807, 2.05) is 19.9 Å². The van der Waals surface area contributed by atoms with E-state index in [1.54, 1.807) is 30.5 Å². The van der Waals surface area contributed by atoms with Crippen molar-refractivity contribution < 1.29 is 22.9 Å². The molecule has 236 valence electrons. The minimum absolute atomic E-state index is 0.0968. The molecule has 2 aliphatic carbocycles. The fourth-order valence-corrected chi connectivity index (χ4v) is 8.21. The molecule has 2 saturated carbocycles. The fourth-order valence-electron chi connectivity index (χ4n) is 6.98. The maximum absolute atomic E-state index is 13.6. The van der Waals surface area contributed by atoms with E-state index >= 15 is 0 Å². The number of hydrogen-bond acceptors (Lipinski definition) is 8. The van der Waals surface area contributed by atoms with E-state index in [2.05, 4.69) is 14.9 Å². The number of anilines is 1. The Morgan fingerprint density at radius 3 is 2.58 bits per heavy atom. The third-order valence-electron chi connectivity index (χ3n) is 9.61. The molecule has 0 radical (unpaired) electrons. The maximum Gasteiger partial charge on any atom is 0.273 e. The maximum atomic E-state index is 13.6. The second-order valence-electron chi connectivity index (χ2n) is 12.4. The molecule has 2 aromatic carbocycles. The predicted molar refractivity (Wildman–Crippen MR) is 173 cm³/mol.